The van der Waals surface area contributed by atoms with Crippen molar-refractivity contribution < 1.29 is 49.2 Å². The van der Waals surface area contributed by atoms with Crippen LogP contribution in [-0.4, -0.2) is 92.6 Å². The first-order chi connectivity index (χ1) is 13.4. The zero-order valence-corrected chi connectivity index (χ0v) is 15.8. The van der Waals surface area contributed by atoms with E-state index in [1.807, 2.05) is 16.0 Å². The zero-order chi connectivity index (χ0) is 22.7. The molecule has 0 aliphatic rings. The fourth-order valence-corrected chi connectivity index (χ4v) is 2.03. The van der Waals surface area contributed by atoms with Crippen molar-refractivity contribution in [2.45, 2.75) is 37.0 Å². The summed E-state index contributed by atoms with van der Waals surface area (Å²) in [5, 5.41) is 41.3. The Bertz CT molecular complexity index is 658. The molecule has 0 rings (SSSR count). The maximum atomic E-state index is 12.3. The van der Waals surface area contributed by atoms with Crippen molar-refractivity contribution in [1.29, 1.82) is 0 Å². The van der Waals surface area contributed by atoms with Crippen LogP contribution in [-0.2, 0) is 28.8 Å². The maximum Gasteiger partial charge on any atom is 0.328 e. The molecule has 0 fully saturated rings. The minimum absolute atomic E-state index is 0.116. The van der Waals surface area contributed by atoms with E-state index in [0.29, 0.717) is 0 Å². The Balaban J connectivity index is 5.42. The molecular weight excluding hydrogens is 416 g/mol. The topological polar surface area (TPSA) is 245 Å². The van der Waals surface area contributed by atoms with Gasteiger partial charge in [-0.1, -0.05) is 0 Å². The van der Waals surface area contributed by atoms with Gasteiger partial charge in [-0.15, -0.1) is 0 Å². The summed E-state index contributed by atoms with van der Waals surface area (Å²) in [6.07, 6.45) is -1.90. The van der Waals surface area contributed by atoms with E-state index in [1.54, 1.807) is 0 Å². The number of hydrogen-bond donors (Lipinski definition) is 9. The SMILES string of the molecule is NC(CS)C(=O)NC(CC(=O)O)C(=O)NC(CC(=O)O)C(=O)NC(CO)C(=O)O. The van der Waals surface area contributed by atoms with Crippen LogP contribution in [0.1, 0.15) is 12.8 Å². The molecule has 0 spiro atoms. The van der Waals surface area contributed by atoms with E-state index in [2.05, 4.69) is 12.6 Å². The van der Waals surface area contributed by atoms with Crippen LogP contribution >= 0.6 is 12.6 Å². The number of rotatable bonds is 13. The van der Waals surface area contributed by atoms with Crippen LogP contribution in [0.5, 0.6) is 0 Å². The van der Waals surface area contributed by atoms with E-state index in [4.69, 9.17) is 26.2 Å². The van der Waals surface area contributed by atoms with E-state index in [9.17, 15) is 28.8 Å². The second kappa shape index (κ2) is 12.5. The molecule has 4 atom stereocenters. The van der Waals surface area contributed by atoms with Crippen LogP contribution < -0.4 is 21.7 Å². The number of carbonyl (C=O) groups is 6. The van der Waals surface area contributed by atoms with E-state index >= 15 is 0 Å². The third kappa shape index (κ3) is 9.72. The molecule has 0 aromatic carbocycles. The summed E-state index contributed by atoms with van der Waals surface area (Å²) in [5.41, 5.74) is 5.42. The highest BCUT2D eigenvalue weighted by atomic mass is 32.1. The Morgan fingerprint density at radius 2 is 1.14 bits per heavy atom. The molecule has 0 aromatic rings. The summed E-state index contributed by atoms with van der Waals surface area (Å²) in [7, 11) is 0. The highest BCUT2D eigenvalue weighted by molar-refractivity contribution is 7.80. The molecule has 0 saturated heterocycles. The molecule has 0 heterocycles. The van der Waals surface area contributed by atoms with Crippen molar-refractivity contribution >= 4 is 48.3 Å². The lowest BCUT2D eigenvalue weighted by Crippen LogP contribution is -2.58. The summed E-state index contributed by atoms with van der Waals surface area (Å²) in [6, 6.07) is -6.46. The number of amides is 3. The van der Waals surface area contributed by atoms with Crippen molar-refractivity contribution in [3.63, 3.8) is 0 Å². The Morgan fingerprint density at radius 1 is 0.759 bits per heavy atom. The predicted molar refractivity (Wildman–Crippen MR) is 96.8 cm³/mol. The molecule has 9 N–H and O–H groups in total. The summed E-state index contributed by atoms with van der Waals surface area (Å²) in [5.74, 6) is -8.15. The first-order valence-corrected chi connectivity index (χ1v) is 8.60. The molecule has 0 bridgehead atoms. The van der Waals surface area contributed by atoms with Gasteiger partial charge in [0.15, 0.2) is 0 Å². The Labute approximate surface area is 169 Å². The maximum absolute atomic E-state index is 12.3. The largest absolute Gasteiger partial charge is 0.481 e. The van der Waals surface area contributed by atoms with Gasteiger partial charge in [-0.2, -0.15) is 12.6 Å². The van der Waals surface area contributed by atoms with E-state index in [1.165, 1.54) is 0 Å². The van der Waals surface area contributed by atoms with Crippen molar-refractivity contribution in [2.75, 3.05) is 12.4 Å². The lowest BCUT2D eigenvalue weighted by atomic mass is 10.1. The highest BCUT2D eigenvalue weighted by Gasteiger charge is 2.32. The molecule has 15 heteroatoms. The minimum Gasteiger partial charge on any atom is -0.481 e. The molecule has 0 saturated carbocycles. The standard InChI is InChI=1S/C14H22N4O10S/c15-5(4-29)11(24)16-6(1-9(20)21)12(25)17-7(2-10(22)23)13(26)18-8(3-19)14(27)28/h5-8,19,29H,1-4,15H2,(H,16,24)(H,17,25)(H,18,26)(H,20,21)(H,22,23)(H,27,28). The fourth-order valence-electron chi connectivity index (χ4n) is 1.86. The third-order valence-corrected chi connectivity index (χ3v) is 3.75. The van der Waals surface area contributed by atoms with Gasteiger partial charge in [-0.25, -0.2) is 4.79 Å². The first kappa shape index (κ1) is 26.1. The smallest absolute Gasteiger partial charge is 0.328 e. The van der Waals surface area contributed by atoms with Crippen LogP contribution in [0.15, 0.2) is 0 Å². The van der Waals surface area contributed by atoms with Gasteiger partial charge in [0.05, 0.1) is 25.5 Å². The molecule has 4 unspecified atom stereocenters. The quantitative estimate of drug-likeness (QED) is 0.124. The third-order valence-electron chi connectivity index (χ3n) is 3.35. The van der Waals surface area contributed by atoms with Crippen LogP contribution in [0, 0.1) is 0 Å². The van der Waals surface area contributed by atoms with E-state index in [0.717, 1.165) is 0 Å². The fraction of sp³-hybridized carbons (Fsp3) is 0.571. The van der Waals surface area contributed by atoms with Gasteiger partial charge >= 0.3 is 17.9 Å². The number of nitrogens with two attached hydrogens (primary N) is 1. The molecule has 3 amide bonds. The Kier molecular flexibility index (Phi) is 11.3. The average molecular weight is 438 g/mol. The number of carboxylic acid groups (broad SMARTS) is 3. The van der Waals surface area contributed by atoms with Crippen LogP contribution in [0.25, 0.3) is 0 Å². The van der Waals surface area contributed by atoms with Gasteiger partial charge in [-0.05, 0) is 0 Å². The summed E-state index contributed by atoms with van der Waals surface area (Å²) in [4.78, 5) is 69.0. The zero-order valence-electron chi connectivity index (χ0n) is 14.9. The van der Waals surface area contributed by atoms with Crippen molar-refractivity contribution in [1.82, 2.24) is 16.0 Å². The van der Waals surface area contributed by atoms with Crippen LogP contribution in [0.4, 0.5) is 0 Å². The lowest BCUT2D eigenvalue weighted by Gasteiger charge is -2.23. The van der Waals surface area contributed by atoms with Gasteiger partial charge in [0.25, 0.3) is 0 Å². The Hall–Kier alpha value is -2.91. The lowest BCUT2D eigenvalue weighted by molar-refractivity contribution is -0.145. The van der Waals surface area contributed by atoms with Crippen LogP contribution in [0.3, 0.4) is 0 Å². The summed E-state index contributed by atoms with van der Waals surface area (Å²) in [6.45, 7) is -1.01. The number of nitrogens with one attached hydrogen (secondary N) is 3. The van der Waals surface area contributed by atoms with Crippen molar-refractivity contribution in [3.05, 3.63) is 0 Å². The molecule has 29 heavy (non-hydrogen) atoms. The second-order valence-corrected chi connectivity index (χ2v) is 6.05. The first-order valence-electron chi connectivity index (χ1n) is 7.97. The number of hydrogen-bond acceptors (Lipinski definition) is 9. The van der Waals surface area contributed by atoms with Gasteiger partial charge in [0.2, 0.25) is 17.7 Å². The molecular formula is C14H22N4O10S. The number of thiol groups is 1. The van der Waals surface area contributed by atoms with Crippen LogP contribution in [0.2, 0.25) is 0 Å². The van der Waals surface area contributed by atoms with Gasteiger partial charge < -0.3 is 42.1 Å². The monoisotopic (exact) mass is 438 g/mol. The van der Waals surface area contributed by atoms with Gasteiger partial charge in [-0.3, -0.25) is 24.0 Å². The second-order valence-electron chi connectivity index (χ2n) is 5.69. The molecule has 0 aliphatic carbocycles. The number of aliphatic carboxylic acids is 3. The molecule has 0 aliphatic heterocycles. The van der Waals surface area contributed by atoms with Gasteiger partial charge in [0.1, 0.15) is 18.1 Å². The van der Waals surface area contributed by atoms with Crippen molar-refractivity contribution in [3.8, 4) is 0 Å². The van der Waals surface area contributed by atoms with Gasteiger partial charge in [0, 0.05) is 5.75 Å². The number of carboxylic acids is 3. The minimum atomic E-state index is -1.82. The van der Waals surface area contributed by atoms with Crippen molar-refractivity contribution in [2.24, 2.45) is 5.73 Å². The van der Waals surface area contributed by atoms with E-state index in [-0.39, 0.29) is 5.75 Å². The highest BCUT2D eigenvalue weighted by Crippen LogP contribution is 2.00. The number of aliphatic hydroxyl groups is 1. The average Bonchev–Trinajstić information content (AvgIpc) is 2.62. The molecule has 14 nitrogen and oxygen atoms in total. The Morgan fingerprint density at radius 3 is 1.45 bits per heavy atom. The molecule has 164 valence electrons. The summed E-state index contributed by atoms with van der Waals surface area (Å²) >= 11 is 3.79. The number of aliphatic hydroxyl groups excluding tert-OH is 1. The number of carbonyl (C=O) groups excluding carboxylic acids is 3. The predicted octanol–water partition coefficient (Wildman–Crippen LogP) is -4.28. The molecule has 0 aromatic heterocycles. The van der Waals surface area contributed by atoms with E-state index < -0.39 is 79.2 Å². The summed E-state index contributed by atoms with van der Waals surface area (Å²) < 4.78 is 0. The normalized spacial score (nSPS) is 14.6. The molecule has 0 radical (unpaired) electrons.